The average Bonchev–Trinajstić information content (AvgIpc) is 2.54. The summed E-state index contributed by atoms with van der Waals surface area (Å²) in [6.45, 7) is 2.85. The first kappa shape index (κ1) is 14.5. The van der Waals surface area contributed by atoms with Gasteiger partial charge < -0.3 is 10.6 Å². The highest BCUT2D eigenvalue weighted by molar-refractivity contribution is 6.07. The second-order valence-electron chi connectivity index (χ2n) is 4.49. The van der Waals surface area contributed by atoms with E-state index in [0.717, 1.165) is 18.7 Å². The van der Waals surface area contributed by atoms with Crippen molar-refractivity contribution in [2.45, 2.75) is 13.3 Å². The maximum absolute atomic E-state index is 12.3. The van der Waals surface area contributed by atoms with Crippen LogP contribution >= 0.6 is 0 Å². The topological polar surface area (TPSA) is 77.8 Å². The van der Waals surface area contributed by atoms with Crippen LogP contribution in [-0.2, 0) is 0 Å². The molecule has 0 saturated carbocycles. The summed E-state index contributed by atoms with van der Waals surface area (Å²) in [4.78, 5) is 16.3. The van der Waals surface area contributed by atoms with Gasteiger partial charge in [-0.15, -0.1) is 0 Å². The molecule has 0 bridgehead atoms. The van der Waals surface area contributed by atoms with Crippen molar-refractivity contribution in [2.24, 2.45) is 0 Å². The Hall–Kier alpha value is -2.87. The maximum Gasteiger partial charge on any atom is 0.259 e. The summed E-state index contributed by atoms with van der Waals surface area (Å²) in [5.74, 6) is -0.230. The number of nitrogens with zero attached hydrogens (tertiary/aromatic N) is 2. The van der Waals surface area contributed by atoms with Gasteiger partial charge in [-0.1, -0.05) is 6.92 Å². The fourth-order valence-electron chi connectivity index (χ4n) is 1.82. The van der Waals surface area contributed by atoms with E-state index >= 15 is 0 Å². The number of benzene rings is 1. The van der Waals surface area contributed by atoms with Gasteiger partial charge in [0, 0.05) is 24.6 Å². The zero-order valence-corrected chi connectivity index (χ0v) is 11.8. The molecule has 0 aliphatic rings. The summed E-state index contributed by atoms with van der Waals surface area (Å²) in [6.07, 6.45) is 4.16. The van der Waals surface area contributed by atoms with Gasteiger partial charge in [0.2, 0.25) is 0 Å². The predicted molar refractivity (Wildman–Crippen MR) is 82.1 cm³/mol. The van der Waals surface area contributed by atoms with Gasteiger partial charge in [-0.3, -0.25) is 9.78 Å². The molecule has 0 fully saturated rings. The Morgan fingerprint density at radius 2 is 2.05 bits per heavy atom. The smallest absolute Gasteiger partial charge is 0.259 e. The molecule has 21 heavy (non-hydrogen) atoms. The van der Waals surface area contributed by atoms with Crippen molar-refractivity contribution in [3.8, 4) is 6.07 Å². The molecule has 1 amide bonds. The molecule has 0 saturated heterocycles. The van der Waals surface area contributed by atoms with Crippen LogP contribution in [0, 0.1) is 11.3 Å². The molecule has 0 atom stereocenters. The Morgan fingerprint density at radius 1 is 1.29 bits per heavy atom. The summed E-state index contributed by atoms with van der Waals surface area (Å²) in [5, 5.41) is 14.8. The van der Waals surface area contributed by atoms with Crippen LogP contribution in [0.3, 0.4) is 0 Å². The lowest BCUT2D eigenvalue weighted by atomic mass is 10.2. The molecular formula is C16H16N4O. The van der Waals surface area contributed by atoms with Crippen LogP contribution in [0.25, 0.3) is 0 Å². The Bertz CT molecular complexity index is 659. The molecular weight excluding hydrogens is 264 g/mol. The monoisotopic (exact) mass is 280 g/mol. The first-order valence-electron chi connectivity index (χ1n) is 6.74. The molecule has 0 spiro atoms. The van der Waals surface area contributed by atoms with Gasteiger partial charge in [0.25, 0.3) is 5.91 Å². The maximum atomic E-state index is 12.3. The van der Waals surface area contributed by atoms with Crippen LogP contribution < -0.4 is 10.6 Å². The van der Waals surface area contributed by atoms with Gasteiger partial charge in [-0.2, -0.15) is 5.26 Å². The predicted octanol–water partition coefficient (Wildman–Crippen LogP) is 3.03. The lowest BCUT2D eigenvalue weighted by Gasteiger charge is -2.11. The van der Waals surface area contributed by atoms with Crippen LogP contribution in [-0.4, -0.2) is 17.4 Å². The quantitative estimate of drug-likeness (QED) is 0.882. The fourth-order valence-corrected chi connectivity index (χ4v) is 1.82. The molecule has 0 aliphatic carbocycles. The molecule has 1 heterocycles. The SMILES string of the molecule is CCCNc1ccncc1C(=O)Nc1ccc(C#N)cc1. The highest BCUT2D eigenvalue weighted by atomic mass is 16.1. The third-order valence-corrected chi connectivity index (χ3v) is 2.90. The zero-order chi connectivity index (χ0) is 15.1. The van der Waals surface area contributed by atoms with E-state index in [-0.39, 0.29) is 5.91 Å². The molecule has 2 aromatic rings. The average molecular weight is 280 g/mol. The highest BCUT2D eigenvalue weighted by Gasteiger charge is 2.11. The second kappa shape index (κ2) is 7.06. The number of hydrogen-bond donors (Lipinski definition) is 2. The van der Waals surface area contributed by atoms with Crippen LogP contribution in [0.5, 0.6) is 0 Å². The molecule has 2 rings (SSSR count). The van der Waals surface area contributed by atoms with E-state index < -0.39 is 0 Å². The Labute approximate surface area is 123 Å². The molecule has 0 radical (unpaired) electrons. The summed E-state index contributed by atoms with van der Waals surface area (Å²) < 4.78 is 0. The Kier molecular flexibility index (Phi) is 4.89. The van der Waals surface area contributed by atoms with E-state index in [2.05, 4.69) is 22.5 Å². The van der Waals surface area contributed by atoms with E-state index in [9.17, 15) is 4.79 Å². The molecule has 0 aliphatic heterocycles. The van der Waals surface area contributed by atoms with Gasteiger partial charge >= 0.3 is 0 Å². The number of rotatable bonds is 5. The number of carbonyl (C=O) groups is 1. The number of hydrogen-bond acceptors (Lipinski definition) is 4. The van der Waals surface area contributed by atoms with E-state index in [0.29, 0.717) is 16.8 Å². The van der Waals surface area contributed by atoms with Crippen molar-refractivity contribution in [2.75, 3.05) is 17.2 Å². The summed E-state index contributed by atoms with van der Waals surface area (Å²) >= 11 is 0. The van der Waals surface area contributed by atoms with Crippen molar-refractivity contribution in [1.82, 2.24) is 4.98 Å². The number of amides is 1. The number of pyridine rings is 1. The van der Waals surface area contributed by atoms with Gasteiger partial charge in [0.1, 0.15) is 0 Å². The van der Waals surface area contributed by atoms with Gasteiger partial charge in [-0.25, -0.2) is 0 Å². The summed E-state index contributed by atoms with van der Waals surface area (Å²) in [5.41, 5.74) is 2.46. The number of nitriles is 1. The summed E-state index contributed by atoms with van der Waals surface area (Å²) in [7, 11) is 0. The molecule has 5 heteroatoms. The highest BCUT2D eigenvalue weighted by Crippen LogP contribution is 2.16. The van der Waals surface area contributed by atoms with Gasteiger partial charge in [0.05, 0.1) is 22.9 Å². The number of anilines is 2. The molecule has 1 aromatic heterocycles. The van der Waals surface area contributed by atoms with Crippen LogP contribution in [0.15, 0.2) is 42.7 Å². The Balaban J connectivity index is 2.14. The first-order valence-corrected chi connectivity index (χ1v) is 6.74. The van der Waals surface area contributed by atoms with E-state index in [1.807, 2.05) is 6.07 Å². The van der Waals surface area contributed by atoms with Gasteiger partial charge in [-0.05, 0) is 36.8 Å². The lowest BCUT2D eigenvalue weighted by Crippen LogP contribution is -2.15. The van der Waals surface area contributed by atoms with Crippen molar-refractivity contribution >= 4 is 17.3 Å². The lowest BCUT2D eigenvalue weighted by molar-refractivity contribution is 0.102. The van der Waals surface area contributed by atoms with Crippen molar-refractivity contribution < 1.29 is 4.79 Å². The standard InChI is InChI=1S/C16H16N4O/c1-2-8-19-15-7-9-18-11-14(15)16(21)20-13-5-3-12(10-17)4-6-13/h3-7,9,11H,2,8H2,1H3,(H,18,19)(H,20,21). The van der Waals surface area contributed by atoms with Crippen molar-refractivity contribution in [3.05, 3.63) is 53.9 Å². The number of nitrogens with one attached hydrogen (secondary N) is 2. The zero-order valence-electron chi connectivity index (χ0n) is 11.8. The molecule has 5 nitrogen and oxygen atoms in total. The van der Waals surface area contributed by atoms with E-state index in [1.165, 1.54) is 6.20 Å². The summed E-state index contributed by atoms with van der Waals surface area (Å²) in [6, 6.07) is 10.5. The van der Waals surface area contributed by atoms with Crippen LogP contribution in [0.1, 0.15) is 29.3 Å². The van der Waals surface area contributed by atoms with Crippen molar-refractivity contribution in [1.29, 1.82) is 5.26 Å². The molecule has 1 aromatic carbocycles. The second-order valence-corrected chi connectivity index (χ2v) is 4.49. The number of aromatic nitrogens is 1. The molecule has 106 valence electrons. The minimum atomic E-state index is -0.230. The molecule has 0 unspecified atom stereocenters. The number of carbonyl (C=O) groups excluding carboxylic acids is 1. The van der Waals surface area contributed by atoms with Gasteiger partial charge in [0.15, 0.2) is 0 Å². The third-order valence-electron chi connectivity index (χ3n) is 2.90. The molecule has 2 N–H and O–H groups in total. The minimum absolute atomic E-state index is 0.230. The van der Waals surface area contributed by atoms with Crippen LogP contribution in [0.4, 0.5) is 11.4 Å². The van der Waals surface area contributed by atoms with E-state index in [1.54, 1.807) is 36.5 Å². The van der Waals surface area contributed by atoms with Crippen molar-refractivity contribution in [3.63, 3.8) is 0 Å². The largest absolute Gasteiger partial charge is 0.384 e. The minimum Gasteiger partial charge on any atom is -0.384 e. The van der Waals surface area contributed by atoms with E-state index in [4.69, 9.17) is 5.26 Å². The van der Waals surface area contributed by atoms with Crippen LogP contribution in [0.2, 0.25) is 0 Å². The first-order chi connectivity index (χ1) is 10.2. The fraction of sp³-hybridized carbons (Fsp3) is 0.188. The normalized spacial score (nSPS) is 9.71. The third kappa shape index (κ3) is 3.80. The Morgan fingerprint density at radius 3 is 2.71 bits per heavy atom.